The predicted molar refractivity (Wildman–Crippen MR) is 87.7 cm³/mol. The lowest BCUT2D eigenvalue weighted by Crippen LogP contribution is -2.33. The number of nitrogens with one attached hydrogen (secondary N) is 1. The number of aromatic nitrogens is 1. The second kappa shape index (κ2) is 5.09. The molecular weight excluding hydrogens is 258 g/mol. The fourth-order valence-electron chi connectivity index (χ4n) is 2.90. The Kier molecular flexibility index (Phi) is 2.96. The van der Waals surface area contributed by atoms with E-state index in [2.05, 4.69) is 64.8 Å². The van der Waals surface area contributed by atoms with Crippen molar-refractivity contribution in [3.8, 4) is 0 Å². The molecule has 2 aromatic carbocycles. The van der Waals surface area contributed by atoms with Crippen LogP contribution < -0.4 is 10.2 Å². The first-order chi connectivity index (χ1) is 10.4. The molecule has 4 rings (SSSR count). The second-order valence-corrected chi connectivity index (χ2v) is 5.36. The molecule has 3 aromatic rings. The van der Waals surface area contributed by atoms with Crippen LogP contribution in [0.1, 0.15) is 5.69 Å². The van der Waals surface area contributed by atoms with Gasteiger partial charge in [0, 0.05) is 18.5 Å². The molecule has 0 saturated heterocycles. The van der Waals surface area contributed by atoms with E-state index >= 15 is 0 Å². The van der Waals surface area contributed by atoms with E-state index in [4.69, 9.17) is 4.98 Å². The van der Waals surface area contributed by atoms with E-state index in [1.165, 1.54) is 16.8 Å². The molecule has 1 aliphatic rings. The average molecular weight is 275 g/mol. The van der Waals surface area contributed by atoms with Crippen LogP contribution in [0.2, 0.25) is 0 Å². The second-order valence-electron chi connectivity index (χ2n) is 5.36. The van der Waals surface area contributed by atoms with Gasteiger partial charge in [0.15, 0.2) is 0 Å². The van der Waals surface area contributed by atoms with Crippen molar-refractivity contribution >= 4 is 22.3 Å². The molecule has 21 heavy (non-hydrogen) atoms. The molecule has 0 aliphatic carbocycles. The van der Waals surface area contributed by atoms with Crippen molar-refractivity contribution in [2.75, 3.05) is 23.3 Å². The maximum atomic E-state index is 4.78. The summed E-state index contributed by atoms with van der Waals surface area (Å²) in [6, 6.07) is 21.0. The largest absolute Gasteiger partial charge is 0.382 e. The Hall–Kier alpha value is -2.55. The van der Waals surface area contributed by atoms with Gasteiger partial charge in [-0.15, -0.1) is 0 Å². The van der Waals surface area contributed by atoms with Gasteiger partial charge < -0.3 is 10.2 Å². The third kappa shape index (κ3) is 2.31. The molecule has 0 saturated carbocycles. The van der Waals surface area contributed by atoms with Crippen LogP contribution in [0.25, 0.3) is 10.9 Å². The molecule has 0 atom stereocenters. The van der Waals surface area contributed by atoms with Crippen molar-refractivity contribution in [2.24, 2.45) is 0 Å². The van der Waals surface area contributed by atoms with Crippen molar-refractivity contribution < 1.29 is 0 Å². The quantitative estimate of drug-likeness (QED) is 0.773. The van der Waals surface area contributed by atoms with Crippen molar-refractivity contribution in [3.05, 3.63) is 66.4 Å². The molecule has 3 heteroatoms. The molecular formula is C18H17N3. The highest BCUT2D eigenvalue weighted by atomic mass is 15.2. The van der Waals surface area contributed by atoms with Gasteiger partial charge in [0.2, 0.25) is 0 Å². The van der Waals surface area contributed by atoms with Crippen LogP contribution >= 0.6 is 0 Å². The number of para-hydroxylation sites is 3. The highest BCUT2D eigenvalue weighted by Crippen LogP contribution is 2.29. The molecule has 104 valence electrons. The van der Waals surface area contributed by atoms with Crippen molar-refractivity contribution in [1.82, 2.24) is 4.98 Å². The highest BCUT2D eigenvalue weighted by molar-refractivity contribution is 5.78. The third-order valence-corrected chi connectivity index (χ3v) is 3.95. The van der Waals surface area contributed by atoms with Crippen LogP contribution in [0.3, 0.4) is 0 Å². The molecule has 0 fully saturated rings. The van der Waals surface area contributed by atoms with E-state index in [9.17, 15) is 0 Å². The lowest BCUT2D eigenvalue weighted by molar-refractivity contribution is 0.774. The van der Waals surface area contributed by atoms with Gasteiger partial charge in [0.05, 0.1) is 29.1 Å². The monoisotopic (exact) mass is 275 g/mol. The summed E-state index contributed by atoms with van der Waals surface area (Å²) < 4.78 is 0. The Morgan fingerprint density at radius 3 is 2.81 bits per heavy atom. The third-order valence-electron chi connectivity index (χ3n) is 3.95. The summed E-state index contributed by atoms with van der Waals surface area (Å²) in [6.45, 7) is 2.83. The fourth-order valence-corrected chi connectivity index (χ4v) is 2.90. The molecule has 1 aromatic heterocycles. The zero-order chi connectivity index (χ0) is 14.1. The molecule has 0 spiro atoms. The summed E-state index contributed by atoms with van der Waals surface area (Å²) in [4.78, 5) is 7.17. The van der Waals surface area contributed by atoms with Gasteiger partial charge in [0.25, 0.3) is 0 Å². The van der Waals surface area contributed by atoms with Crippen LogP contribution in [0.4, 0.5) is 11.4 Å². The van der Waals surface area contributed by atoms with Crippen molar-refractivity contribution in [2.45, 2.75) is 6.54 Å². The minimum atomic E-state index is 0.851. The smallest absolute Gasteiger partial charge is 0.0706 e. The van der Waals surface area contributed by atoms with Crippen molar-refractivity contribution in [3.63, 3.8) is 0 Å². The fraction of sp³-hybridized carbons (Fsp3) is 0.167. The van der Waals surface area contributed by atoms with Gasteiger partial charge in [-0.3, -0.25) is 4.98 Å². The Balaban J connectivity index is 1.66. The summed E-state index contributed by atoms with van der Waals surface area (Å²) >= 11 is 0. The van der Waals surface area contributed by atoms with Crippen LogP contribution in [0, 0.1) is 0 Å². The van der Waals surface area contributed by atoms with Gasteiger partial charge >= 0.3 is 0 Å². The lowest BCUT2D eigenvalue weighted by atomic mass is 10.1. The molecule has 2 heterocycles. The number of hydrogen-bond acceptors (Lipinski definition) is 3. The van der Waals surface area contributed by atoms with E-state index < -0.39 is 0 Å². The number of pyridine rings is 1. The predicted octanol–water partition coefficient (Wildman–Crippen LogP) is 3.67. The molecule has 1 aliphatic heterocycles. The van der Waals surface area contributed by atoms with E-state index in [0.29, 0.717) is 0 Å². The number of anilines is 2. The highest BCUT2D eigenvalue weighted by Gasteiger charge is 2.16. The van der Waals surface area contributed by atoms with E-state index in [-0.39, 0.29) is 0 Å². The number of hydrogen-bond donors (Lipinski definition) is 1. The Bertz CT molecular complexity index is 782. The van der Waals surface area contributed by atoms with Gasteiger partial charge in [-0.1, -0.05) is 36.4 Å². The number of benzene rings is 2. The zero-order valence-electron chi connectivity index (χ0n) is 11.8. The van der Waals surface area contributed by atoms with Crippen molar-refractivity contribution in [1.29, 1.82) is 0 Å². The maximum absolute atomic E-state index is 4.78. The topological polar surface area (TPSA) is 28.2 Å². The number of fused-ring (bicyclic) bond motifs is 2. The van der Waals surface area contributed by atoms with E-state index in [0.717, 1.165) is 30.8 Å². The molecule has 0 unspecified atom stereocenters. The number of rotatable bonds is 2. The zero-order valence-corrected chi connectivity index (χ0v) is 11.8. The summed E-state index contributed by atoms with van der Waals surface area (Å²) in [5.41, 5.74) is 4.66. The van der Waals surface area contributed by atoms with E-state index in [1.54, 1.807) is 0 Å². The molecule has 0 radical (unpaired) electrons. The summed E-state index contributed by atoms with van der Waals surface area (Å²) in [7, 11) is 0. The Morgan fingerprint density at radius 1 is 0.952 bits per heavy atom. The van der Waals surface area contributed by atoms with Crippen LogP contribution in [0.5, 0.6) is 0 Å². The van der Waals surface area contributed by atoms with Crippen LogP contribution in [-0.4, -0.2) is 18.1 Å². The summed E-state index contributed by atoms with van der Waals surface area (Å²) in [5, 5.41) is 4.64. The van der Waals surface area contributed by atoms with Gasteiger partial charge in [0.1, 0.15) is 0 Å². The minimum absolute atomic E-state index is 0.851. The molecule has 3 nitrogen and oxygen atoms in total. The molecule has 1 N–H and O–H groups in total. The lowest BCUT2D eigenvalue weighted by Gasteiger charge is -2.31. The Labute approximate surface area is 124 Å². The first-order valence-electron chi connectivity index (χ1n) is 7.33. The van der Waals surface area contributed by atoms with Crippen LogP contribution in [-0.2, 0) is 6.54 Å². The summed E-state index contributed by atoms with van der Waals surface area (Å²) in [5.74, 6) is 0. The minimum Gasteiger partial charge on any atom is -0.382 e. The first kappa shape index (κ1) is 12.2. The number of nitrogens with zero attached hydrogens (tertiary/aromatic N) is 2. The normalized spacial score (nSPS) is 13.8. The Morgan fingerprint density at radius 2 is 1.81 bits per heavy atom. The standard InChI is InChI=1S/C18H17N3/c1-2-6-16-14(5-1)9-10-15(20-16)13-21-12-11-19-17-7-3-4-8-18(17)21/h1-10,19H,11-13H2. The average Bonchev–Trinajstić information content (AvgIpc) is 2.55. The van der Waals surface area contributed by atoms with Gasteiger partial charge in [-0.2, -0.15) is 0 Å². The van der Waals surface area contributed by atoms with Gasteiger partial charge in [-0.05, 0) is 24.3 Å². The van der Waals surface area contributed by atoms with E-state index in [1.807, 2.05) is 6.07 Å². The maximum Gasteiger partial charge on any atom is 0.0706 e. The van der Waals surface area contributed by atoms with Crippen LogP contribution in [0.15, 0.2) is 60.7 Å². The first-order valence-corrected chi connectivity index (χ1v) is 7.33. The summed E-state index contributed by atoms with van der Waals surface area (Å²) in [6.07, 6.45) is 0. The molecule has 0 bridgehead atoms. The molecule has 0 amide bonds. The SMILES string of the molecule is c1ccc2c(c1)NCCN2Cc1ccc2ccccc2n1. The van der Waals surface area contributed by atoms with Gasteiger partial charge in [-0.25, -0.2) is 0 Å².